The van der Waals surface area contributed by atoms with Crippen LogP contribution in [-0.4, -0.2) is 31.2 Å². The van der Waals surface area contributed by atoms with Crippen LogP contribution in [-0.2, 0) is 9.53 Å². The Morgan fingerprint density at radius 2 is 1.96 bits per heavy atom. The second kappa shape index (κ2) is 8.43. The summed E-state index contributed by atoms with van der Waals surface area (Å²) in [7, 11) is 1.51. The topological polar surface area (TPSA) is 97.1 Å². The summed E-state index contributed by atoms with van der Waals surface area (Å²) in [6, 6.07) is 11.7. The van der Waals surface area contributed by atoms with Gasteiger partial charge in [0.1, 0.15) is 5.75 Å². The average Bonchev–Trinajstić information content (AvgIpc) is 2.71. The molecule has 0 radical (unpaired) electrons. The summed E-state index contributed by atoms with van der Waals surface area (Å²) in [6.07, 6.45) is 0.579. The summed E-state index contributed by atoms with van der Waals surface area (Å²) in [5.74, 6) is 0.917. The number of nitrogens with zero attached hydrogens (tertiary/aromatic N) is 1. The minimum absolute atomic E-state index is 0.0825. The molecule has 2 aromatic carbocycles. The molecule has 3 rings (SSSR count). The van der Waals surface area contributed by atoms with Crippen molar-refractivity contribution in [2.75, 3.05) is 20.3 Å². The smallest absolute Gasteiger partial charge is 0.344 e. The number of carbonyl (C=O) groups excluding carboxylic acids is 1. The second-order valence-corrected chi connectivity index (χ2v) is 5.87. The standard InChI is InChI=1S/C20H19NO7/c1-3-26-18(22)12-27-15-9-7-13(8-10-15)19-16(21(23)24)11-14-5-4-6-17(25-2)20(14)28-19/h4-11,19H,3,12H2,1-2H3/t19-/m1/s1. The van der Waals surface area contributed by atoms with E-state index in [9.17, 15) is 14.9 Å². The molecular weight excluding hydrogens is 366 g/mol. The van der Waals surface area contributed by atoms with E-state index in [0.717, 1.165) is 0 Å². The number of benzene rings is 2. The van der Waals surface area contributed by atoms with Gasteiger partial charge in [-0.15, -0.1) is 0 Å². The molecule has 0 fully saturated rings. The number of fused-ring (bicyclic) bond motifs is 1. The maximum Gasteiger partial charge on any atom is 0.344 e. The summed E-state index contributed by atoms with van der Waals surface area (Å²) in [4.78, 5) is 22.5. The van der Waals surface area contributed by atoms with Crippen LogP contribution in [0.4, 0.5) is 0 Å². The highest BCUT2D eigenvalue weighted by molar-refractivity contribution is 5.71. The van der Waals surface area contributed by atoms with E-state index in [-0.39, 0.29) is 18.9 Å². The molecule has 0 N–H and O–H groups in total. The van der Waals surface area contributed by atoms with Crippen molar-refractivity contribution in [3.8, 4) is 17.2 Å². The summed E-state index contributed by atoms with van der Waals surface area (Å²) in [5, 5.41) is 11.6. The van der Waals surface area contributed by atoms with Gasteiger partial charge in [-0.05, 0) is 25.1 Å². The molecule has 0 saturated heterocycles. The van der Waals surface area contributed by atoms with Crippen molar-refractivity contribution >= 4 is 12.0 Å². The third kappa shape index (κ3) is 4.06. The Labute approximate surface area is 161 Å². The molecular formula is C20H19NO7. The maximum absolute atomic E-state index is 11.6. The molecule has 0 spiro atoms. The highest BCUT2D eigenvalue weighted by Crippen LogP contribution is 2.42. The molecule has 146 valence electrons. The van der Waals surface area contributed by atoms with Crippen LogP contribution in [0.3, 0.4) is 0 Å². The lowest BCUT2D eigenvalue weighted by Gasteiger charge is -2.24. The fourth-order valence-electron chi connectivity index (χ4n) is 2.82. The minimum Gasteiger partial charge on any atom is -0.493 e. The molecule has 8 heteroatoms. The zero-order chi connectivity index (χ0) is 20.1. The normalized spacial score (nSPS) is 14.9. The van der Waals surface area contributed by atoms with Crippen molar-refractivity contribution in [3.05, 3.63) is 69.4 Å². The second-order valence-electron chi connectivity index (χ2n) is 5.87. The van der Waals surface area contributed by atoms with Crippen LogP contribution in [0.2, 0.25) is 0 Å². The van der Waals surface area contributed by atoms with E-state index in [0.29, 0.717) is 28.4 Å². The minimum atomic E-state index is -0.905. The number of hydrogen-bond acceptors (Lipinski definition) is 7. The number of carbonyl (C=O) groups is 1. The van der Waals surface area contributed by atoms with Crippen molar-refractivity contribution in [3.63, 3.8) is 0 Å². The van der Waals surface area contributed by atoms with Crippen LogP contribution in [0.15, 0.2) is 48.2 Å². The van der Waals surface area contributed by atoms with Gasteiger partial charge in [0.25, 0.3) is 5.70 Å². The molecule has 8 nitrogen and oxygen atoms in total. The van der Waals surface area contributed by atoms with Gasteiger partial charge in [0.05, 0.1) is 18.6 Å². The van der Waals surface area contributed by atoms with Crippen molar-refractivity contribution in [1.29, 1.82) is 0 Å². The zero-order valence-corrected chi connectivity index (χ0v) is 15.4. The van der Waals surface area contributed by atoms with Crippen LogP contribution in [0.25, 0.3) is 6.08 Å². The lowest BCUT2D eigenvalue weighted by atomic mass is 10.0. The maximum atomic E-state index is 11.6. The Hall–Kier alpha value is -3.55. The van der Waals surface area contributed by atoms with E-state index in [2.05, 4.69) is 0 Å². The summed E-state index contributed by atoms with van der Waals surface area (Å²) < 4.78 is 21.4. The first-order valence-electron chi connectivity index (χ1n) is 8.61. The first-order valence-corrected chi connectivity index (χ1v) is 8.61. The molecule has 0 saturated carbocycles. The number of ether oxygens (including phenoxy) is 4. The van der Waals surface area contributed by atoms with Crippen LogP contribution in [0.1, 0.15) is 24.2 Å². The van der Waals surface area contributed by atoms with Gasteiger partial charge < -0.3 is 18.9 Å². The zero-order valence-electron chi connectivity index (χ0n) is 15.4. The van der Waals surface area contributed by atoms with Gasteiger partial charge >= 0.3 is 5.97 Å². The summed E-state index contributed by atoms with van der Waals surface area (Å²) in [5.41, 5.74) is 1.07. The van der Waals surface area contributed by atoms with Gasteiger partial charge in [-0.2, -0.15) is 0 Å². The molecule has 0 bridgehead atoms. The van der Waals surface area contributed by atoms with Gasteiger partial charge in [-0.25, -0.2) is 4.79 Å². The fraction of sp³-hybridized carbons (Fsp3) is 0.250. The Kier molecular flexibility index (Phi) is 5.78. The van der Waals surface area contributed by atoms with Gasteiger partial charge in [0.15, 0.2) is 18.1 Å². The molecule has 2 aromatic rings. The van der Waals surface area contributed by atoms with E-state index in [1.165, 1.54) is 13.2 Å². The number of esters is 1. The Balaban J connectivity index is 1.84. The number of methoxy groups -OCH3 is 1. The largest absolute Gasteiger partial charge is 0.493 e. The van der Waals surface area contributed by atoms with E-state index < -0.39 is 17.0 Å². The highest BCUT2D eigenvalue weighted by atomic mass is 16.6. The van der Waals surface area contributed by atoms with Crippen LogP contribution in [0, 0.1) is 10.1 Å². The van der Waals surface area contributed by atoms with Gasteiger partial charge in [-0.3, -0.25) is 10.1 Å². The Bertz CT molecular complexity index is 905. The molecule has 1 atom stereocenters. The van der Waals surface area contributed by atoms with E-state index in [1.54, 1.807) is 49.4 Å². The molecule has 1 heterocycles. The Morgan fingerprint density at radius 3 is 2.61 bits per heavy atom. The fourth-order valence-corrected chi connectivity index (χ4v) is 2.82. The van der Waals surface area contributed by atoms with Crippen LogP contribution < -0.4 is 14.2 Å². The molecule has 1 aliphatic heterocycles. The quantitative estimate of drug-likeness (QED) is 0.409. The summed E-state index contributed by atoms with van der Waals surface area (Å²) in [6.45, 7) is 1.78. The van der Waals surface area contributed by atoms with E-state index in [1.807, 2.05) is 0 Å². The monoisotopic (exact) mass is 385 g/mol. The lowest BCUT2D eigenvalue weighted by molar-refractivity contribution is -0.434. The molecule has 28 heavy (non-hydrogen) atoms. The third-order valence-electron chi connectivity index (χ3n) is 4.09. The van der Waals surface area contributed by atoms with Crippen molar-refractivity contribution in [1.82, 2.24) is 0 Å². The predicted molar refractivity (Wildman–Crippen MR) is 99.9 cm³/mol. The molecule has 0 aromatic heterocycles. The first-order chi connectivity index (χ1) is 13.5. The van der Waals surface area contributed by atoms with Crippen molar-refractivity contribution < 1.29 is 28.7 Å². The van der Waals surface area contributed by atoms with Crippen LogP contribution in [0.5, 0.6) is 17.2 Å². The predicted octanol–water partition coefficient (Wildman–Crippen LogP) is 3.39. The highest BCUT2D eigenvalue weighted by Gasteiger charge is 2.34. The van der Waals surface area contributed by atoms with E-state index >= 15 is 0 Å². The SMILES string of the molecule is CCOC(=O)COc1ccc([C@H]2Oc3c(cccc3OC)C=C2[N+](=O)[O-])cc1. The number of hydrogen-bond donors (Lipinski definition) is 0. The number of rotatable bonds is 7. The number of nitro groups is 1. The van der Waals surface area contributed by atoms with Crippen molar-refractivity contribution in [2.24, 2.45) is 0 Å². The molecule has 0 amide bonds. The van der Waals surface area contributed by atoms with Gasteiger partial charge in [0.2, 0.25) is 6.10 Å². The van der Waals surface area contributed by atoms with Crippen LogP contribution >= 0.6 is 0 Å². The average molecular weight is 385 g/mol. The third-order valence-corrected chi connectivity index (χ3v) is 4.09. The van der Waals surface area contributed by atoms with E-state index in [4.69, 9.17) is 18.9 Å². The van der Waals surface area contributed by atoms with Gasteiger partial charge in [0, 0.05) is 17.2 Å². The molecule has 0 unspecified atom stereocenters. The lowest BCUT2D eigenvalue weighted by Crippen LogP contribution is -2.20. The molecule has 0 aliphatic carbocycles. The summed E-state index contributed by atoms with van der Waals surface area (Å²) >= 11 is 0. The number of para-hydroxylation sites is 1. The first kappa shape index (κ1) is 19.2. The Morgan fingerprint density at radius 1 is 1.21 bits per heavy atom. The molecule has 1 aliphatic rings. The van der Waals surface area contributed by atoms with Gasteiger partial charge in [-0.1, -0.05) is 24.3 Å². The van der Waals surface area contributed by atoms with Crippen molar-refractivity contribution in [2.45, 2.75) is 13.0 Å².